The average Bonchev–Trinajstić information content (AvgIpc) is 2.40. The van der Waals surface area contributed by atoms with Crippen molar-refractivity contribution in [1.82, 2.24) is 4.31 Å². The number of rotatable bonds is 7. The fourth-order valence-electron chi connectivity index (χ4n) is 1.80. The summed E-state index contributed by atoms with van der Waals surface area (Å²) in [6, 6.07) is 2.80. The molecule has 21 heavy (non-hydrogen) atoms. The van der Waals surface area contributed by atoms with Crippen LogP contribution in [-0.2, 0) is 14.8 Å². The molecule has 0 aliphatic carbocycles. The highest BCUT2D eigenvalue weighted by Crippen LogP contribution is 2.34. The summed E-state index contributed by atoms with van der Waals surface area (Å²) >= 11 is 11.9. The third-order valence-electron chi connectivity index (χ3n) is 2.82. The minimum absolute atomic E-state index is 0.0391. The molecule has 0 atom stereocenters. The second-order valence-electron chi connectivity index (χ2n) is 5.02. The molecule has 1 aromatic rings. The zero-order valence-electron chi connectivity index (χ0n) is 12.3. The Balaban J connectivity index is 3.25. The van der Waals surface area contributed by atoms with Crippen LogP contribution in [0.1, 0.15) is 13.8 Å². The van der Waals surface area contributed by atoms with Crippen LogP contribution < -0.4 is 5.73 Å². The molecular weight excluding hydrogens is 335 g/mol. The van der Waals surface area contributed by atoms with Gasteiger partial charge in [-0.25, -0.2) is 8.42 Å². The Hall–Kier alpha value is -0.530. The van der Waals surface area contributed by atoms with Crippen LogP contribution in [0.15, 0.2) is 17.0 Å². The predicted molar refractivity (Wildman–Crippen MR) is 86.3 cm³/mol. The Morgan fingerprint density at radius 1 is 1.33 bits per heavy atom. The van der Waals surface area contributed by atoms with Crippen LogP contribution >= 0.6 is 23.2 Å². The molecule has 5 nitrogen and oxygen atoms in total. The van der Waals surface area contributed by atoms with E-state index in [9.17, 15) is 8.42 Å². The molecule has 1 aromatic carbocycles. The van der Waals surface area contributed by atoms with Gasteiger partial charge in [-0.2, -0.15) is 4.31 Å². The first-order valence-electron chi connectivity index (χ1n) is 6.44. The van der Waals surface area contributed by atoms with E-state index < -0.39 is 10.0 Å². The largest absolute Gasteiger partial charge is 0.396 e. The monoisotopic (exact) mass is 354 g/mol. The van der Waals surface area contributed by atoms with Crippen LogP contribution in [0.5, 0.6) is 0 Å². The maximum atomic E-state index is 12.7. The minimum Gasteiger partial charge on any atom is -0.396 e. The molecule has 0 radical (unpaired) electrons. The zero-order chi connectivity index (χ0) is 16.2. The van der Waals surface area contributed by atoms with Crippen molar-refractivity contribution in [3.05, 3.63) is 22.2 Å². The summed E-state index contributed by atoms with van der Waals surface area (Å²) in [6.07, 6.45) is 0. The Morgan fingerprint density at radius 2 is 1.95 bits per heavy atom. The van der Waals surface area contributed by atoms with Crippen LogP contribution in [0.4, 0.5) is 5.69 Å². The molecule has 0 aliphatic rings. The molecule has 120 valence electrons. The van der Waals surface area contributed by atoms with Gasteiger partial charge >= 0.3 is 0 Å². The summed E-state index contributed by atoms with van der Waals surface area (Å²) in [5.41, 5.74) is 5.77. The SMILES string of the molecule is COCCN(CC(C)C)S(=O)(=O)c1ccc(Cl)c(N)c1Cl. The molecule has 8 heteroatoms. The fraction of sp³-hybridized carbons (Fsp3) is 0.538. The van der Waals surface area contributed by atoms with Crippen LogP contribution in [-0.4, -0.2) is 39.5 Å². The van der Waals surface area contributed by atoms with E-state index in [2.05, 4.69) is 0 Å². The van der Waals surface area contributed by atoms with Crippen molar-refractivity contribution in [1.29, 1.82) is 0 Å². The summed E-state index contributed by atoms with van der Waals surface area (Å²) in [6.45, 7) is 4.79. The summed E-state index contributed by atoms with van der Waals surface area (Å²) in [7, 11) is -2.23. The third-order valence-corrected chi connectivity index (χ3v) is 5.58. The second kappa shape index (κ2) is 7.65. The molecule has 0 bridgehead atoms. The molecule has 0 heterocycles. The Kier molecular flexibility index (Phi) is 6.74. The van der Waals surface area contributed by atoms with Crippen LogP contribution in [0.25, 0.3) is 0 Å². The molecule has 2 N–H and O–H groups in total. The standard InChI is InChI=1S/C13H20Cl2N2O3S/c1-9(2)8-17(6-7-20-3)21(18,19)11-5-4-10(14)13(16)12(11)15/h4-5,9H,6-8,16H2,1-3H3. The van der Waals surface area contributed by atoms with Gasteiger partial charge in [-0.1, -0.05) is 37.0 Å². The van der Waals surface area contributed by atoms with Gasteiger partial charge in [0.05, 0.1) is 22.3 Å². The highest BCUT2D eigenvalue weighted by molar-refractivity contribution is 7.89. The second-order valence-corrected chi connectivity index (χ2v) is 7.71. The van der Waals surface area contributed by atoms with Gasteiger partial charge in [-0.05, 0) is 18.1 Å². The van der Waals surface area contributed by atoms with Crippen molar-refractivity contribution in [2.24, 2.45) is 5.92 Å². The minimum atomic E-state index is -3.76. The quantitative estimate of drug-likeness (QED) is 0.764. The van der Waals surface area contributed by atoms with E-state index in [1.54, 1.807) is 0 Å². The Labute approximate surface area is 136 Å². The van der Waals surface area contributed by atoms with Gasteiger partial charge < -0.3 is 10.5 Å². The third kappa shape index (κ3) is 4.47. The number of nitrogen functional groups attached to an aromatic ring is 1. The highest BCUT2D eigenvalue weighted by Gasteiger charge is 2.28. The van der Waals surface area contributed by atoms with E-state index >= 15 is 0 Å². The molecule has 0 aliphatic heterocycles. The van der Waals surface area contributed by atoms with Gasteiger partial charge in [0.15, 0.2) is 0 Å². The Bertz CT molecular complexity index is 591. The molecule has 0 amide bonds. The number of ether oxygens (including phenoxy) is 1. The van der Waals surface area contributed by atoms with Crippen LogP contribution in [0, 0.1) is 5.92 Å². The molecule has 0 saturated heterocycles. The summed E-state index contributed by atoms with van der Waals surface area (Å²) in [5.74, 6) is 0.167. The maximum absolute atomic E-state index is 12.7. The van der Waals surface area contributed by atoms with E-state index in [-0.39, 0.29) is 33.1 Å². The molecule has 0 aromatic heterocycles. The lowest BCUT2D eigenvalue weighted by Crippen LogP contribution is -2.37. The number of halogens is 2. The van der Waals surface area contributed by atoms with Gasteiger partial charge in [0.25, 0.3) is 0 Å². The van der Waals surface area contributed by atoms with E-state index in [1.165, 1.54) is 23.5 Å². The lowest BCUT2D eigenvalue weighted by Gasteiger charge is -2.24. The molecule has 0 unspecified atom stereocenters. The van der Waals surface area contributed by atoms with Gasteiger partial charge in [0, 0.05) is 20.2 Å². The smallest absolute Gasteiger partial charge is 0.244 e. The number of nitrogens with two attached hydrogens (primary N) is 1. The van der Waals surface area contributed by atoms with Crippen molar-refractivity contribution < 1.29 is 13.2 Å². The lowest BCUT2D eigenvalue weighted by molar-refractivity contribution is 0.175. The number of hydrogen-bond donors (Lipinski definition) is 1. The molecule has 1 rings (SSSR count). The van der Waals surface area contributed by atoms with Crippen LogP contribution in [0.3, 0.4) is 0 Å². The first-order chi connectivity index (χ1) is 9.71. The highest BCUT2D eigenvalue weighted by atomic mass is 35.5. The van der Waals surface area contributed by atoms with Gasteiger partial charge in [0.2, 0.25) is 10.0 Å². The van der Waals surface area contributed by atoms with Crippen molar-refractivity contribution in [2.45, 2.75) is 18.7 Å². The van der Waals surface area contributed by atoms with Crippen molar-refractivity contribution in [3.63, 3.8) is 0 Å². The van der Waals surface area contributed by atoms with E-state index in [4.69, 9.17) is 33.7 Å². The van der Waals surface area contributed by atoms with E-state index in [0.717, 1.165) is 0 Å². The summed E-state index contributed by atoms with van der Waals surface area (Å²) in [4.78, 5) is -0.0391. The Morgan fingerprint density at radius 3 is 2.48 bits per heavy atom. The maximum Gasteiger partial charge on any atom is 0.244 e. The fourth-order valence-corrected chi connectivity index (χ4v) is 4.12. The van der Waals surface area contributed by atoms with Gasteiger partial charge in [-0.15, -0.1) is 0 Å². The van der Waals surface area contributed by atoms with E-state index in [0.29, 0.717) is 13.2 Å². The zero-order valence-corrected chi connectivity index (χ0v) is 14.6. The number of anilines is 1. The summed E-state index contributed by atoms with van der Waals surface area (Å²) in [5, 5.41) is 0.180. The molecule has 0 spiro atoms. The number of benzene rings is 1. The lowest BCUT2D eigenvalue weighted by atomic mass is 10.2. The van der Waals surface area contributed by atoms with Crippen molar-refractivity contribution in [3.8, 4) is 0 Å². The number of sulfonamides is 1. The molecule has 0 fully saturated rings. The first-order valence-corrected chi connectivity index (χ1v) is 8.64. The normalized spacial score (nSPS) is 12.3. The molecular formula is C13H20Cl2N2O3S. The number of nitrogens with zero attached hydrogens (tertiary/aromatic N) is 1. The van der Waals surface area contributed by atoms with Crippen molar-refractivity contribution in [2.75, 3.05) is 32.5 Å². The van der Waals surface area contributed by atoms with Crippen molar-refractivity contribution >= 4 is 38.9 Å². The van der Waals surface area contributed by atoms with Crippen LogP contribution in [0.2, 0.25) is 10.0 Å². The first kappa shape index (κ1) is 18.5. The number of methoxy groups -OCH3 is 1. The summed E-state index contributed by atoms with van der Waals surface area (Å²) < 4.78 is 31.8. The number of hydrogen-bond acceptors (Lipinski definition) is 4. The average molecular weight is 355 g/mol. The van der Waals surface area contributed by atoms with E-state index in [1.807, 2.05) is 13.8 Å². The topological polar surface area (TPSA) is 72.6 Å². The predicted octanol–water partition coefficient (Wildman–Crippen LogP) is 2.87. The molecule has 0 saturated carbocycles. The van der Waals surface area contributed by atoms with Gasteiger partial charge in [-0.3, -0.25) is 0 Å². The van der Waals surface area contributed by atoms with Gasteiger partial charge in [0.1, 0.15) is 4.90 Å².